The molecule has 0 bridgehead atoms. The third-order valence-electron chi connectivity index (χ3n) is 10.9. The van der Waals surface area contributed by atoms with Crippen molar-refractivity contribution in [2.45, 2.75) is 67.6 Å². The Labute approximate surface area is 326 Å². The molecule has 4 N–H and O–H groups in total. The highest BCUT2D eigenvalue weighted by Crippen LogP contribution is 2.54. The van der Waals surface area contributed by atoms with Gasteiger partial charge in [-0.25, -0.2) is 0 Å². The van der Waals surface area contributed by atoms with E-state index < -0.39 is 62.8 Å². The molecule has 6 rings (SSSR count). The number of fused-ring (bicyclic) bond motifs is 6. The van der Waals surface area contributed by atoms with Crippen LogP contribution in [-0.2, 0) is 51.3 Å². The number of benzene rings is 4. The highest BCUT2D eigenvalue weighted by atomic mass is 32.2. The van der Waals surface area contributed by atoms with Crippen LogP contribution in [-0.4, -0.2) is 87.3 Å². The molecule has 4 aromatic rings. The van der Waals surface area contributed by atoms with E-state index >= 15 is 0 Å². The third kappa shape index (κ3) is 7.80. The number of hydrogen-bond donors (Lipinski definition) is 4. The molecule has 0 fully saturated rings. The normalized spacial score (nSPS) is 19.5. The molecule has 0 aliphatic carbocycles. The molecule has 4 aromatic carbocycles. The predicted octanol–water partition coefficient (Wildman–Crippen LogP) is 5.96. The molecule has 0 saturated heterocycles. The Morgan fingerprint density at radius 2 is 1.32 bits per heavy atom. The molecule has 0 amide bonds. The summed E-state index contributed by atoms with van der Waals surface area (Å²) in [7, 11) is -16.0. The standard InChI is InChI=1S/C38H42N2O12S4/c1-24-21-27(56(50,51)52)23-30-28(24)14-16-31-35(30)37(2,3)33(39(31)5)9-6-10-34-38(4,17-7-19-53(41,42)43)36-29-22-26(55(47,48)49)13-11-25(29)12-15-32(36)40(34)18-8-20-54(44,45)46/h6,9-16,21-23H,7-8,17-20H2,1-5H3,(H3-,41,42,43,44,45,46,47,48,49,50,51,52)/p+1. The van der Waals surface area contributed by atoms with Gasteiger partial charge in [0.1, 0.15) is 7.05 Å². The molecule has 0 radical (unpaired) electrons. The van der Waals surface area contributed by atoms with Crippen molar-refractivity contribution in [1.29, 1.82) is 0 Å². The summed E-state index contributed by atoms with van der Waals surface area (Å²) in [5.41, 5.74) is 3.15. The molecule has 1 unspecified atom stereocenters. The van der Waals surface area contributed by atoms with Crippen LogP contribution in [0.5, 0.6) is 0 Å². The lowest BCUT2D eigenvalue weighted by Crippen LogP contribution is -2.31. The van der Waals surface area contributed by atoms with Gasteiger partial charge in [0, 0.05) is 41.1 Å². The molecule has 2 aliphatic heterocycles. The van der Waals surface area contributed by atoms with Gasteiger partial charge in [-0.15, -0.1) is 0 Å². The SMILES string of the molecule is Cc1cc(S(=O)(=O)O)cc2c3c(ccc12)[N+](C)=C(C=CC=C1N(CCCS(=O)(=O)O)c2ccc4ccc(S(=O)(=O)O)cc4c2C1(C)CCCS(=O)(=O)O)C3(C)C. The fourth-order valence-corrected chi connectivity index (χ4v) is 10.6. The fourth-order valence-electron chi connectivity index (χ4n) is 8.48. The van der Waals surface area contributed by atoms with Crippen LogP contribution in [0.4, 0.5) is 11.4 Å². The second-order valence-corrected chi connectivity index (χ2v) is 21.1. The quantitative estimate of drug-likeness (QED) is 0.0955. The lowest BCUT2D eigenvalue weighted by molar-refractivity contribution is -0.401. The topological polar surface area (TPSA) is 224 Å². The van der Waals surface area contributed by atoms with Crippen molar-refractivity contribution in [2.75, 3.05) is 30.0 Å². The third-order valence-corrected chi connectivity index (χ3v) is 14.2. The molecular weight excluding hydrogens is 805 g/mol. The average Bonchev–Trinajstić information content (AvgIpc) is 3.41. The maximum Gasteiger partial charge on any atom is 0.294 e. The first-order valence-corrected chi connectivity index (χ1v) is 23.6. The van der Waals surface area contributed by atoms with Crippen LogP contribution in [0, 0.1) is 6.92 Å². The average molecular weight is 848 g/mol. The zero-order chi connectivity index (χ0) is 41.4. The van der Waals surface area contributed by atoms with E-state index in [4.69, 9.17) is 0 Å². The molecule has 1 atom stereocenters. The van der Waals surface area contributed by atoms with Gasteiger partial charge in [-0.2, -0.15) is 38.2 Å². The first-order chi connectivity index (χ1) is 25.7. The van der Waals surface area contributed by atoms with Gasteiger partial charge >= 0.3 is 0 Å². The Morgan fingerprint density at radius 3 is 1.95 bits per heavy atom. The Hall–Kier alpha value is -4.01. The van der Waals surface area contributed by atoms with E-state index in [1.807, 2.05) is 55.5 Å². The Kier molecular flexibility index (Phi) is 10.5. The molecule has 0 aromatic heterocycles. The van der Waals surface area contributed by atoms with Gasteiger partial charge < -0.3 is 4.90 Å². The monoisotopic (exact) mass is 847 g/mol. The minimum Gasteiger partial charge on any atom is -0.344 e. The van der Waals surface area contributed by atoms with Crippen molar-refractivity contribution in [1.82, 2.24) is 0 Å². The number of nitrogens with zero attached hydrogens (tertiary/aromatic N) is 2. The molecule has 2 aliphatic rings. The largest absolute Gasteiger partial charge is 0.344 e. The van der Waals surface area contributed by atoms with E-state index in [0.29, 0.717) is 38.7 Å². The van der Waals surface area contributed by atoms with E-state index in [1.54, 1.807) is 31.2 Å². The molecule has 0 spiro atoms. The zero-order valence-corrected chi connectivity index (χ0v) is 34.5. The number of allylic oxidation sites excluding steroid dienone is 4. The molecule has 300 valence electrons. The number of hydrogen-bond acceptors (Lipinski definition) is 9. The van der Waals surface area contributed by atoms with Crippen molar-refractivity contribution in [3.63, 3.8) is 0 Å². The molecule has 0 saturated carbocycles. The summed E-state index contributed by atoms with van der Waals surface area (Å²) in [5.74, 6) is -1.11. The summed E-state index contributed by atoms with van der Waals surface area (Å²) < 4.78 is 137. The Bertz CT molecular complexity index is 2880. The summed E-state index contributed by atoms with van der Waals surface area (Å²) in [6, 6.07) is 14.4. The van der Waals surface area contributed by atoms with Gasteiger partial charge in [-0.1, -0.05) is 18.2 Å². The highest BCUT2D eigenvalue weighted by Gasteiger charge is 2.46. The number of aryl methyl sites for hydroxylation is 1. The Morgan fingerprint density at radius 1 is 0.714 bits per heavy atom. The smallest absolute Gasteiger partial charge is 0.294 e. The van der Waals surface area contributed by atoms with Crippen molar-refractivity contribution >= 4 is 79.1 Å². The van der Waals surface area contributed by atoms with E-state index in [1.165, 1.54) is 30.3 Å². The predicted molar refractivity (Wildman–Crippen MR) is 215 cm³/mol. The summed E-state index contributed by atoms with van der Waals surface area (Å²) in [6.07, 6.45) is 5.59. The van der Waals surface area contributed by atoms with Crippen LogP contribution in [0.15, 0.2) is 88.3 Å². The summed E-state index contributed by atoms with van der Waals surface area (Å²) >= 11 is 0. The second kappa shape index (κ2) is 14.1. The van der Waals surface area contributed by atoms with E-state index in [9.17, 15) is 51.9 Å². The van der Waals surface area contributed by atoms with E-state index in [-0.39, 0.29) is 35.6 Å². The first kappa shape index (κ1) is 41.6. The fraction of sp³-hybridized carbons (Fsp3) is 0.342. The lowest BCUT2D eigenvalue weighted by Gasteiger charge is -2.31. The second-order valence-electron chi connectivity index (χ2n) is 15.1. The first-order valence-electron chi connectivity index (χ1n) is 17.5. The molecule has 56 heavy (non-hydrogen) atoms. The van der Waals surface area contributed by atoms with Crippen molar-refractivity contribution < 1.29 is 56.5 Å². The van der Waals surface area contributed by atoms with Crippen LogP contribution in [0.25, 0.3) is 21.5 Å². The number of rotatable bonds is 12. The Balaban J connectivity index is 1.53. The highest BCUT2D eigenvalue weighted by molar-refractivity contribution is 7.86. The van der Waals surface area contributed by atoms with Crippen molar-refractivity contribution in [3.8, 4) is 0 Å². The minimum atomic E-state index is -4.63. The van der Waals surface area contributed by atoms with Gasteiger partial charge in [0.05, 0.1) is 26.7 Å². The van der Waals surface area contributed by atoms with Crippen LogP contribution < -0.4 is 4.90 Å². The summed E-state index contributed by atoms with van der Waals surface area (Å²) in [6.45, 7) is 7.67. The minimum absolute atomic E-state index is 0.00991. The van der Waals surface area contributed by atoms with E-state index in [0.717, 1.165) is 22.3 Å². The molecule has 2 heterocycles. The molecule has 18 heteroatoms. The van der Waals surface area contributed by atoms with E-state index in [2.05, 4.69) is 0 Å². The van der Waals surface area contributed by atoms with Gasteiger partial charge in [-0.3, -0.25) is 18.2 Å². The van der Waals surface area contributed by atoms with Gasteiger partial charge in [0.25, 0.3) is 40.5 Å². The molecular formula is C38H43N2O12S4+. The molecule has 14 nitrogen and oxygen atoms in total. The van der Waals surface area contributed by atoms with Crippen molar-refractivity contribution in [3.05, 3.63) is 95.2 Å². The van der Waals surface area contributed by atoms with Gasteiger partial charge in [0.2, 0.25) is 5.69 Å². The van der Waals surface area contributed by atoms with Crippen LogP contribution in [0.2, 0.25) is 0 Å². The van der Waals surface area contributed by atoms with Crippen molar-refractivity contribution in [2.24, 2.45) is 0 Å². The lowest BCUT2D eigenvalue weighted by atomic mass is 9.75. The summed E-state index contributed by atoms with van der Waals surface area (Å²) in [5, 5.41) is 2.55. The maximum absolute atomic E-state index is 12.3. The number of anilines is 1. The summed E-state index contributed by atoms with van der Waals surface area (Å²) in [4.78, 5) is 1.26. The van der Waals surface area contributed by atoms with Crippen LogP contribution >= 0.6 is 0 Å². The zero-order valence-electron chi connectivity index (χ0n) is 31.3. The van der Waals surface area contributed by atoms with Crippen LogP contribution in [0.3, 0.4) is 0 Å². The maximum atomic E-state index is 12.3. The van der Waals surface area contributed by atoms with Gasteiger partial charge in [0.15, 0.2) is 5.71 Å². The van der Waals surface area contributed by atoms with Crippen LogP contribution in [0.1, 0.15) is 56.7 Å². The van der Waals surface area contributed by atoms with Gasteiger partial charge in [-0.05, 0) is 122 Å².